The Bertz CT molecular complexity index is 770. The van der Waals surface area contributed by atoms with Crippen molar-refractivity contribution in [2.75, 3.05) is 31.1 Å². The Balaban J connectivity index is 1.52. The molecule has 0 bridgehead atoms. The van der Waals surface area contributed by atoms with Gasteiger partial charge in [0.15, 0.2) is 0 Å². The number of pyridine rings is 1. The van der Waals surface area contributed by atoms with Crippen LogP contribution in [0.1, 0.15) is 24.2 Å². The van der Waals surface area contributed by atoms with Crippen LogP contribution in [0.25, 0.3) is 0 Å². The van der Waals surface area contributed by atoms with Crippen molar-refractivity contribution in [3.05, 3.63) is 48.0 Å². The molecule has 0 aromatic carbocycles. The largest absolute Gasteiger partial charge is 0.340 e. The fourth-order valence-corrected chi connectivity index (χ4v) is 4.16. The summed E-state index contributed by atoms with van der Waals surface area (Å²) in [5.41, 5.74) is 0.841. The third-order valence-electron chi connectivity index (χ3n) is 5.56. The molecule has 2 aromatic rings. The van der Waals surface area contributed by atoms with Crippen LogP contribution in [-0.2, 0) is 6.54 Å². The van der Waals surface area contributed by atoms with E-state index in [1.807, 2.05) is 30.0 Å². The van der Waals surface area contributed by atoms with E-state index in [0.717, 1.165) is 11.4 Å². The zero-order valence-electron chi connectivity index (χ0n) is 14.9. The summed E-state index contributed by atoms with van der Waals surface area (Å²) >= 11 is 0. The Labute approximate surface area is 152 Å². The number of hydrogen-bond acceptors (Lipinski definition) is 5. The molecule has 1 atom stereocenters. The molecule has 138 valence electrons. The summed E-state index contributed by atoms with van der Waals surface area (Å²) in [5.74, 6) is -2.13. The predicted molar refractivity (Wildman–Crippen MR) is 95.1 cm³/mol. The van der Waals surface area contributed by atoms with E-state index in [9.17, 15) is 8.78 Å². The van der Waals surface area contributed by atoms with E-state index in [1.54, 1.807) is 18.5 Å². The van der Waals surface area contributed by atoms with E-state index in [4.69, 9.17) is 0 Å². The first-order valence-corrected chi connectivity index (χ1v) is 9.02. The molecule has 4 rings (SSSR count). The van der Waals surface area contributed by atoms with Crippen LogP contribution in [0.15, 0.2) is 36.7 Å². The number of hydrogen-bond donors (Lipinski definition) is 0. The van der Waals surface area contributed by atoms with Crippen molar-refractivity contribution in [1.82, 2.24) is 19.9 Å². The number of likely N-dealkylation sites (tertiary alicyclic amines) is 1. The summed E-state index contributed by atoms with van der Waals surface area (Å²) in [7, 11) is 0. The summed E-state index contributed by atoms with van der Waals surface area (Å²) in [6, 6.07) is 7.62. The normalized spacial score (nSPS) is 25.7. The van der Waals surface area contributed by atoms with Gasteiger partial charge in [-0.25, -0.2) is 18.7 Å². The van der Waals surface area contributed by atoms with Crippen molar-refractivity contribution in [1.29, 1.82) is 0 Å². The van der Waals surface area contributed by atoms with Crippen LogP contribution >= 0.6 is 0 Å². The minimum Gasteiger partial charge on any atom is -0.340 e. The third kappa shape index (κ3) is 3.16. The molecule has 1 spiro atoms. The lowest BCUT2D eigenvalue weighted by Gasteiger charge is -2.45. The molecule has 0 amide bonds. The molecule has 0 unspecified atom stereocenters. The Kier molecular flexibility index (Phi) is 4.34. The molecule has 26 heavy (non-hydrogen) atoms. The van der Waals surface area contributed by atoms with Gasteiger partial charge in [0.05, 0.1) is 11.1 Å². The second-order valence-electron chi connectivity index (χ2n) is 7.44. The SMILES string of the molecule is Cc1cccc(CN2CCC(F)(F)[C@@]3(CCN(c4ncccn4)C3)C2)n1. The molecule has 2 aliphatic rings. The maximum atomic E-state index is 14.9. The van der Waals surface area contributed by atoms with Crippen LogP contribution in [0.5, 0.6) is 0 Å². The zero-order chi connectivity index (χ0) is 18.2. The van der Waals surface area contributed by atoms with Gasteiger partial charge in [0, 0.05) is 57.2 Å². The Morgan fingerprint density at radius 2 is 1.85 bits per heavy atom. The molecule has 0 N–H and O–H groups in total. The second-order valence-corrected chi connectivity index (χ2v) is 7.44. The van der Waals surface area contributed by atoms with E-state index in [0.29, 0.717) is 45.1 Å². The quantitative estimate of drug-likeness (QED) is 0.843. The number of aromatic nitrogens is 3. The lowest BCUT2D eigenvalue weighted by Crippen LogP contribution is -2.56. The Hall–Kier alpha value is -2.15. The maximum absolute atomic E-state index is 14.9. The first-order valence-electron chi connectivity index (χ1n) is 9.02. The highest BCUT2D eigenvalue weighted by Gasteiger charge is 2.59. The van der Waals surface area contributed by atoms with Crippen LogP contribution in [0.2, 0.25) is 0 Å². The van der Waals surface area contributed by atoms with Gasteiger partial charge in [-0.1, -0.05) is 6.07 Å². The molecule has 7 heteroatoms. The average molecular weight is 359 g/mol. The van der Waals surface area contributed by atoms with Gasteiger partial charge in [-0.05, 0) is 31.5 Å². The minimum absolute atomic E-state index is 0.109. The van der Waals surface area contributed by atoms with E-state index in [2.05, 4.69) is 19.9 Å². The molecular weight excluding hydrogens is 336 g/mol. The highest BCUT2D eigenvalue weighted by molar-refractivity contribution is 5.33. The van der Waals surface area contributed by atoms with Crippen LogP contribution in [0.3, 0.4) is 0 Å². The van der Waals surface area contributed by atoms with Gasteiger partial charge in [-0.3, -0.25) is 9.88 Å². The van der Waals surface area contributed by atoms with E-state index < -0.39 is 11.3 Å². The van der Waals surface area contributed by atoms with Gasteiger partial charge >= 0.3 is 0 Å². The lowest BCUT2D eigenvalue weighted by molar-refractivity contribution is -0.159. The van der Waals surface area contributed by atoms with E-state index in [1.165, 1.54) is 0 Å². The van der Waals surface area contributed by atoms with E-state index in [-0.39, 0.29) is 6.42 Å². The van der Waals surface area contributed by atoms with Crippen molar-refractivity contribution in [2.24, 2.45) is 5.41 Å². The van der Waals surface area contributed by atoms with Crippen LogP contribution < -0.4 is 4.90 Å². The Morgan fingerprint density at radius 3 is 2.62 bits per heavy atom. The molecular formula is C19H23F2N5. The van der Waals surface area contributed by atoms with Gasteiger partial charge < -0.3 is 4.90 Å². The van der Waals surface area contributed by atoms with Crippen molar-refractivity contribution in [3.8, 4) is 0 Å². The number of rotatable bonds is 3. The monoisotopic (exact) mass is 359 g/mol. The van der Waals surface area contributed by atoms with Crippen LogP contribution in [0.4, 0.5) is 14.7 Å². The van der Waals surface area contributed by atoms with Crippen molar-refractivity contribution in [2.45, 2.75) is 32.2 Å². The number of anilines is 1. The van der Waals surface area contributed by atoms with Gasteiger partial charge in [-0.2, -0.15) is 0 Å². The number of piperidine rings is 1. The maximum Gasteiger partial charge on any atom is 0.257 e. The summed E-state index contributed by atoms with van der Waals surface area (Å²) in [6.45, 7) is 4.19. The second kappa shape index (κ2) is 6.54. The number of nitrogens with zero attached hydrogens (tertiary/aromatic N) is 5. The molecule has 2 aromatic heterocycles. The molecule has 0 saturated carbocycles. The van der Waals surface area contributed by atoms with E-state index >= 15 is 0 Å². The van der Waals surface area contributed by atoms with Gasteiger partial charge in [0.1, 0.15) is 0 Å². The molecule has 0 aliphatic carbocycles. The predicted octanol–water partition coefficient (Wildman–Crippen LogP) is 2.92. The fraction of sp³-hybridized carbons (Fsp3) is 0.526. The minimum atomic E-state index is -2.67. The fourth-order valence-electron chi connectivity index (χ4n) is 4.16. The number of alkyl halides is 2. The molecule has 2 saturated heterocycles. The first-order chi connectivity index (χ1) is 12.5. The summed E-state index contributed by atoms with van der Waals surface area (Å²) in [6.07, 6.45) is 3.66. The van der Waals surface area contributed by atoms with Gasteiger partial charge in [0.25, 0.3) is 5.92 Å². The lowest BCUT2D eigenvalue weighted by atomic mass is 9.75. The van der Waals surface area contributed by atoms with Crippen LogP contribution in [0, 0.1) is 12.3 Å². The van der Waals surface area contributed by atoms with Crippen LogP contribution in [-0.4, -0.2) is 52.0 Å². The molecule has 2 aliphatic heterocycles. The first kappa shape index (κ1) is 17.3. The third-order valence-corrected chi connectivity index (χ3v) is 5.56. The summed E-state index contributed by atoms with van der Waals surface area (Å²) in [5, 5.41) is 0. The molecule has 4 heterocycles. The summed E-state index contributed by atoms with van der Waals surface area (Å²) < 4.78 is 29.8. The van der Waals surface area contributed by atoms with Crippen molar-refractivity contribution >= 4 is 5.95 Å². The number of aryl methyl sites for hydroxylation is 1. The molecule has 2 fully saturated rings. The zero-order valence-corrected chi connectivity index (χ0v) is 14.9. The summed E-state index contributed by atoms with van der Waals surface area (Å²) in [4.78, 5) is 17.0. The average Bonchev–Trinajstić information content (AvgIpc) is 3.05. The van der Waals surface area contributed by atoms with Gasteiger partial charge in [-0.15, -0.1) is 0 Å². The highest BCUT2D eigenvalue weighted by Crippen LogP contribution is 2.50. The highest BCUT2D eigenvalue weighted by atomic mass is 19.3. The smallest absolute Gasteiger partial charge is 0.257 e. The number of halogens is 2. The Morgan fingerprint density at radius 1 is 1.04 bits per heavy atom. The standard InChI is InChI=1S/C19H23F2N5/c1-15-4-2-5-16(24-15)12-25-10-7-19(20,21)18(13-25)6-11-26(14-18)17-22-8-3-9-23-17/h2-5,8-9H,6-7,10-14H2,1H3/t18-/m0/s1. The molecule has 5 nitrogen and oxygen atoms in total. The topological polar surface area (TPSA) is 45.2 Å². The van der Waals surface area contributed by atoms with Crippen molar-refractivity contribution < 1.29 is 8.78 Å². The van der Waals surface area contributed by atoms with Gasteiger partial charge in [0.2, 0.25) is 5.95 Å². The molecule has 0 radical (unpaired) electrons. The van der Waals surface area contributed by atoms with Crippen molar-refractivity contribution in [3.63, 3.8) is 0 Å².